The van der Waals surface area contributed by atoms with Crippen LogP contribution in [0, 0.1) is 0 Å². The number of carbonyl (C=O) groups is 2. The summed E-state index contributed by atoms with van der Waals surface area (Å²) in [6.07, 6.45) is 3.05. The van der Waals surface area contributed by atoms with Crippen LogP contribution in [0.3, 0.4) is 0 Å². The van der Waals surface area contributed by atoms with E-state index in [1.54, 1.807) is 30.3 Å². The van der Waals surface area contributed by atoms with Crippen LogP contribution >= 0.6 is 0 Å². The predicted octanol–water partition coefficient (Wildman–Crippen LogP) is 3.71. The second-order valence-electron chi connectivity index (χ2n) is 4.28. The molecule has 2 rings (SSSR count). The van der Waals surface area contributed by atoms with E-state index in [2.05, 4.69) is 6.58 Å². The van der Waals surface area contributed by atoms with Gasteiger partial charge in [0.05, 0.1) is 5.57 Å². The molecule has 0 aromatic heterocycles. The lowest BCUT2D eigenvalue weighted by Gasteiger charge is -2.01. The molecule has 0 bridgehead atoms. The summed E-state index contributed by atoms with van der Waals surface area (Å²) in [6.45, 7) is 3.59. The molecule has 2 aromatic carbocycles. The standard InChI is InChI=1S/C18H14O2/c1-14(18(20)16-10-6-3-7-11-16)17(19)13-12-15-8-4-2-5-9-15/h2-13H,1H2/b13-12+. The van der Waals surface area contributed by atoms with Gasteiger partial charge in [0.2, 0.25) is 0 Å². The third-order valence-corrected chi connectivity index (χ3v) is 2.83. The summed E-state index contributed by atoms with van der Waals surface area (Å²) in [7, 11) is 0. The molecule has 0 saturated heterocycles. The normalized spacial score (nSPS) is 10.4. The molecule has 0 atom stereocenters. The molecule has 0 N–H and O–H groups in total. The highest BCUT2D eigenvalue weighted by Gasteiger charge is 2.14. The fraction of sp³-hybridized carbons (Fsp3) is 0. The zero-order valence-corrected chi connectivity index (χ0v) is 11.0. The molecular formula is C18H14O2. The number of Topliss-reactive ketones (excluding diaryl/α,β-unsaturated/α-hetero) is 1. The number of carbonyl (C=O) groups excluding carboxylic acids is 2. The Labute approximate surface area is 118 Å². The predicted molar refractivity (Wildman–Crippen MR) is 80.4 cm³/mol. The summed E-state index contributed by atoms with van der Waals surface area (Å²) < 4.78 is 0. The second-order valence-corrected chi connectivity index (χ2v) is 4.28. The quantitative estimate of drug-likeness (QED) is 0.356. The van der Waals surface area contributed by atoms with Crippen molar-refractivity contribution in [3.05, 3.63) is 90.0 Å². The molecule has 2 aromatic rings. The van der Waals surface area contributed by atoms with Gasteiger partial charge in [0.15, 0.2) is 11.6 Å². The molecular weight excluding hydrogens is 248 g/mol. The van der Waals surface area contributed by atoms with E-state index in [0.29, 0.717) is 5.56 Å². The summed E-state index contributed by atoms with van der Waals surface area (Å²) in [5.41, 5.74) is 1.35. The maximum Gasteiger partial charge on any atom is 0.196 e. The number of allylic oxidation sites excluding steroid dienone is 2. The Hall–Kier alpha value is -2.74. The summed E-state index contributed by atoms with van der Waals surface area (Å²) >= 11 is 0. The molecule has 0 amide bonds. The molecule has 2 heteroatoms. The first-order valence-electron chi connectivity index (χ1n) is 6.24. The van der Waals surface area contributed by atoms with Gasteiger partial charge in [-0.05, 0) is 11.6 Å². The summed E-state index contributed by atoms with van der Waals surface area (Å²) in [6, 6.07) is 18.1. The monoisotopic (exact) mass is 262 g/mol. The highest BCUT2D eigenvalue weighted by atomic mass is 16.1. The van der Waals surface area contributed by atoms with Crippen molar-refractivity contribution in [1.29, 1.82) is 0 Å². The van der Waals surface area contributed by atoms with E-state index in [9.17, 15) is 9.59 Å². The molecule has 0 aliphatic heterocycles. The molecule has 0 aliphatic rings. The molecule has 0 saturated carbocycles. The van der Waals surface area contributed by atoms with Gasteiger partial charge in [-0.25, -0.2) is 0 Å². The zero-order chi connectivity index (χ0) is 14.4. The van der Waals surface area contributed by atoms with Crippen LogP contribution in [0.1, 0.15) is 15.9 Å². The lowest BCUT2D eigenvalue weighted by molar-refractivity contribution is -0.110. The van der Waals surface area contributed by atoms with Crippen molar-refractivity contribution in [2.24, 2.45) is 0 Å². The second kappa shape index (κ2) is 6.43. The van der Waals surface area contributed by atoms with E-state index < -0.39 is 0 Å². The van der Waals surface area contributed by atoms with Crippen LogP contribution < -0.4 is 0 Å². The van der Waals surface area contributed by atoms with Crippen molar-refractivity contribution in [2.45, 2.75) is 0 Å². The van der Waals surface area contributed by atoms with Crippen LogP contribution in [0.4, 0.5) is 0 Å². The number of ketones is 2. The van der Waals surface area contributed by atoms with E-state index in [4.69, 9.17) is 0 Å². The first kappa shape index (κ1) is 13.7. The highest BCUT2D eigenvalue weighted by Crippen LogP contribution is 2.09. The van der Waals surface area contributed by atoms with Gasteiger partial charge >= 0.3 is 0 Å². The Balaban J connectivity index is 2.08. The lowest BCUT2D eigenvalue weighted by Crippen LogP contribution is -2.09. The van der Waals surface area contributed by atoms with Crippen molar-refractivity contribution >= 4 is 17.6 Å². The molecule has 0 spiro atoms. The Morgan fingerprint density at radius 1 is 0.850 bits per heavy atom. The molecule has 0 fully saturated rings. The van der Waals surface area contributed by atoms with E-state index in [0.717, 1.165) is 5.56 Å². The Bertz CT molecular complexity index is 652. The van der Waals surface area contributed by atoms with Crippen molar-refractivity contribution < 1.29 is 9.59 Å². The van der Waals surface area contributed by atoms with Gasteiger partial charge in [-0.2, -0.15) is 0 Å². The number of rotatable bonds is 5. The van der Waals surface area contributed by atoms with E-state index in [1.807, 2.05) is 36.4 Å². The van der Waals surface area contributed by atoms with Crippen LogP contribution in [0.2, 0.25) is 0 Å². The molecule has 0 aliphatic carbocycles. The maximum absolute atomic E-state index is 12.0. The number of hydrogen-bond acceptors (Lipinski definition) is 2. The van der Waals surface area contributed by atoms with Crippen molar-refractivity contribution in [3.8, 4) is 0 Å². The minimum absolute atomic E-state index is 0.0246. The topological polar surface area (TPSA) is 34.1 Å². The van der Waals surface area contributed by atoms with Crippen molar-refractivity contribution in [1.82, 2.24) is 0 Å². The average Bonchev–Trinajstić information content (AvgIpc) is 2.53. The minimum Gasteiger partial charge on any atom is -0.289 e. The van der Waals surface area contributed by atoms with Gasteiger partial charge in [-0.1, -0.05) is 73.3 Å². The van der Waals surface area contributed by atoms with Gasteiger partial charge < -0.3 is 0 Å². The number of hydrogen-bond donors (Lipinski definition) is 0. The zero-order valence-electron chi connectivity index (χ0n) is 11.0. The molecule has 20 heavy (non-hydrogen) atoms. The minimum atomic E-state index is -0.372. The third-order valence-electron chi connectivity index (χ3n) is 2.83. The molecule has 2 nitrogen and oxygen atoms in total. The fourth-order valence-electron chi connectivity index (χ4n) is 1.71. The van der Waals surface area contributed by atoms with Crippen molar-refractivity contribution in [3.63, 3.8) is 0 Å². The van der Waals surface area contributed by atoms with Gasteiger partial charge in [0.25, 0.3) is 0 Å². The first-order chi connectivity index (χ1) is 9.68. The average molecular weight is 262 g/mol. The molecule has 0 radical (unpaired) electrons. The Kier molecular flexibility index (Phi) is 4.40. The summed E-state index contributed by atoms with van der Waals surface area (Å²) in [5, 5.41) is 0. The molecule has 98 valence electrons. The fourth-order valence-corrected chi connectivity index (χ4v) is 1.71. The largest absolute Gasteiger partial charge is 0.289 e. The van der Waals surface area contributed by atoms with Crippen LogP contribution in [0.25, 0.3) is 6.08 Å². The lowest BCUT2D eigenvalue weighted by atomic mass is 10.0. The molecule has 0 heterocycles. The Morgan fingerprint density at radius 3 is 2.00 bits per heavy atom. The van der Waals surface area contributed by atoms with E-state index in [-0.39, 0.29) is 17.1 Å². The van der Waals surface area contributed by atoms with Gasteiger partial charge in [0, 0.05) is 5.56 Å². The SMILES string of the molecule is C=C(C(=O)/C=C/c1ccccc1)C(=O)c1ccccc1. The van der Waals surface area contributed by atoms with Gasteiger partial charge in [-0.15, -0.1) is 0 Å². The van der Waals surface area contributed by atoms with E-state index >= 15 is 0 Å². The summed E-state index contributed by atoms with van der Waals surface area (Å²) in [5.74, 6) is -0.712. The summed E-state index contributed by atoms with van der Waals surface area (Å²) in [4.78, 5) is 24.0. The third kappa shape index (κ3) is 3.39. The maximum atomic E-state index is 12.0. The van der Waals surface area contributed by atoms with Gasteiger partial charge in [0.1, 0.15) is 0 Å². The van der Waals surface area contributed by atoms with Crippen LogP contribution in [0.5, 0.6) is 0 Å². The van der Waals surface area contributed by atoms with Crippen LogP contribution in [-0.4, -0.2) is 11.6 Å². The van der Waals surface area contributed by atoms with E-state index in [1.165, 1.54) is 6.08 Å². The Morgan fingerprint density at radius 2 is 1.40 bits per heavy atom. The van der Waals surface area contributed by atoms with Crippen LogP contribution in [-0.2, 0) is 4.79 Å². The number of benzene rings is 2. The van der Waals surface area contributed by atoms with Gasteiger partial charge in [-0.3, -0.25) is 9.59 Å². The highest BCUT2D eigenvalue weighted by molar-refractivity contribution is 6.29. The molecule has 0 unspecified atom stereocenters. The van der Waals surface area contributed by atoms with Crippen molar-refractivity contribution in [2.75, 3.05) is 0 Å². The van der Waals surface area contributed by atoms with Crippen LogP contribution in [0.15, 0.2) is 78.9 Å². The smallest absolute Gasteiger partial charge is 0.196 e. The first-order valence-corrected chi connectivity index (χ1v) is 6.24.